The molecule has 0 spiro atoms. The first-order valence-electron chi connectivity index (χ1n) is 7.80. The average Bonchev–Trinajstić information content (AvgIpc) is 3.38. The number of rotatable bonds is 5. The van der Waals surface area contributed by atoms with Crippen molar-refractivity contribution in [3.8, 4) is 21.9 Å². The van der Waals surface area contributed by atoms with Crippen molar-refractivity contribution in [2.75, 3.05) is 0 Å². The van der Waals surface area contributed by atoms with Crippen molar-refractivity contribution < 1.29 is 23.0 Å². The summed E-state index contributed by atoms with van der Waals surface area (Å²) < 4.78 is 35.7. The molecule has 0 N–H and O–H groups in total. The first kappa shape index (κ1) is 22.1. The monoisotopic (exact) mass is 434 g/mol. The highest BCUT2D eigenvalue weighted by Crippen LogP contribution is 2.25. The smallest absolute Gasteiger partial charge is 0.279 e. The largest absolute Gasteiger partial charge is 0.431 e. The maximum absolute atomic E-state index is 12.6. The summed E-state index contributed by atoms with van der Waals surface area (Å²) in [6.45, 7) is 0. The Bertz CT molecular complexity index is 1010. The summed E-state index contributed by atoms with van der Waals surface area (Å²) in [7, 11) is 0. The van der Waals surface area contributed by atoms with Gasteiger partial charge in [0.05, 0.1) is 11.1 Å². The van der Waals surface area contributed by atoms with Gasteiger partial charge in [-0.3, -0.25) is 4.79 Å². The van der Waals surface area contributed by atoms with Crippen molar-refractivity contribution in [2.24, 2.45) is 0 Å². The van der Waals surface area contributed by atoms with Gasteiger partial charge in [0.25, 0.3) is 10.4 Å². The first-order chi connectivity index (χ1) is 13.6. The van der Waals surface area contributed by atoms with E-state index < -0.39 is 0 Å². The van der Waals surface area contributed by atoms with Crippen LogP contribution in [0.15, 0.2) is 66.3 Å². The van der Waals surface area contributed by atoms with Crippen LogP contribution in [0.3, 0.4) is 0 Å². The third-order valence-corrected chi connectivity index (χ3v) is 4.51. The number of halogens is 2. The number of aldehydes is 1. The Morgan fingerprint density at radius 2 is 1.38 bits per heavy atom. The van der Waals surface area contributed by atoms with Crippen molar-refractivity contribution in [1.29, 1.82) is 0 Å². The molecule has 9 heteroatoms. The van der Waals surface area contributed by atoms with Gasteiger partial charge in [-0.05, 0) is 48.5 Å². The van der Waals surface area contributed by atoms with Crippen molar-refractivity contribution in [3.63, 3.8) is 0 Å². The molecule has 4 rings (SSSR count). The van der Waals surface area contributed by atoms with Gasteiger partial charge in [-0.2, -0.15) is 0 Å². The van der Waals surface area contributed by atoms with E-state index in [1.807, 2.05) is 5.38 Å². The number of carbonyl (C=O) groups excluding carboxylic acids is 1. The van der Waals surface area contributed by atoms with Gasteiger partial charge in [-0.25, -0.2) is 18.7 Å². The number of hydrogen-bond donors (Lipinski definition) is 0. The summed E-state index contributed by atoms with van der Waals surface area (Å²) in [6.07, 6.45) is 3.79. The minimum atomic E-state index is -0.324. The Balaban J connectivity index is 0.000000202. The second kappa shape index (κ2) is 11.0. The van der Waals surface area contributed by atoms with Gasteiger partial charge in [0.2, 0.25) is 0 Å². The van der Waals surface area contributed by atoms with Crippen molar-refractivity contribution in [2.45, 2.75) is 7.43 Å². The van der Waals surface area contributed by atoms with E-state index in [1.165, 1.54) is 53.9 Å². The fourth-order valence-corrected chi connectivity index (χ4v) is 2.94. The average molecular weight is 434 g/mol. The normalized spacial score (nSPS) is 9.59. The topological polar surface area (TPSA) is 61.3 Å². The summed E-state index contributed by atoms with van der Waals surface area (Å²) in [5, 5.41) is 2.74. The zero-order chi connectivity index (χ0) is 19.8. The molecule has 0 radical (unpaired) electrons. The molecule has 0 unspecified atom stereocenters. The maximum Gasteiger partial charge on any atom is 0.279 e. The van der Waals surface area contributed by atoms with E-state index in [1.54, 1.807) is 18.3 Å². The second-order valence-corrected chi connectivity index (χ2v) is 6.94. The summed E-state index contributed by atoms with van der Waals surface area (Å²) in [6, 6.07) is 11.4. The van der Waals surface area contributed by atoms with E-state index in [2.05, 4.69) is 9.97 Å². The number of hydrogen-bond acceptors (Lipinski definition) is 7. The summed E-state index contributed by atoms with van der Waals surface area (Å²) in [5.74, 6) is 0.487. The van der Waals surface area contributed by atoms with Crippen molar-refractivity contribution in [1.82, 2.24) is 9.97 Å². The van der Waals surface area contributed by atoms with Crippen LogP contribution in [0.5, 0.6) is 21.9 Å². The predicted octanol–water partition coefficient (Wildman–Crippen LogP) is 6.60. The summed E-state index contributed by atoms with van der Waals surface area (Å²) >= 11 is 2.53. The van der Waals surface area contributed by atoms with Crippen LogP contribution in [-0.2, 0) is 0 Å². The van der Waals surface area contributed by atoms with E-state index in [-0.39, 0.29) is 19.1 Å². The molecule has 0 atom stereocenters. The zero-order valence-corrected chi connectivity index (χ0v) is 15.8. The molecule has 0 fully saturated rings. The van der Waals surface area contributed by atoms with Crippen molar-refractivity contribution in [3.05, 3.63) is 82.8 Å². The molecule has 29 heavy (non-hydrogen) atoms. The number of nitrogens with zero attached hydrogens (tertiary/aromatic N) is 2. The molecule has 150 valence electrons. The fraction of sp³-hybridized carbons (Fsp3) is 0.0500. The maximum atomic E-state index is 12.6. The van der Waals surface area contributed by atoms with Crippen LogP contribution in [0.1, 0.15) is 17.1 Å². The lowest BCUT2D eigenvalue weighted by molar-refractivity contribution is 0.112. The Morgan fingerprint density at radius 3 is 1.83 bits per heavy atom. The van der Waals surface area contributed by atoms with Crippen LogP contribution in [0.4, 0.5) is 8.78 Å². The molecule has 2 aromatic heterocycles. The first-order valence-corrected chi connectivity index (χ1v) is 9.49. The van der Waals surface area contributed by atoms with E-state index in [0.717, 1.165) is 11.3 Å². The highest BCUT2D eigenvalue weighted by atomic mass is 32.1. The minimum Gasteiger partial charge on any atom is -0.431 e. The Hall–Kier alpha value is -3.17. The Morgan fingerprint density at radius 1 is 0.828 bits per heavy atom. The number of benzene rings is 2. The second-order valence-electron chi connectivity index (χ2n) is 5.06. The molecule has 4 aromatic rings. The Labute approximate surface area is 174 Å². The summed E-state index contributed by atoms with van der Waals surface area (Å²) in [4.78, 5) is 18.7. The molecule has 0 aliphatic rings. The van der Waals surface area contributed by atoms with Crippen LogP contribution in [0.2, 0.25) is 0 Å². The molecular weight excluding hydrogens is 418 g/mol. The van der Waals surface area contributed by atoms with Gasteiger partial charge >= 0.3 is 0 Å². The predicted molar refractivity (Wildman–Crippen MR) is 109 cm³/mol. The van der Waals surface area contributed by atoms with Gasteiger partial charge in [0.1, 0.15) is 23.1 Å². The van der Waals surface area contributed by atoms with Crippen LogP contribution in [-0.4, -0.2) is 16.3 Å². The van der Waals surface area contributed by atoms with Gasteiger partial charge in [0.15, 0.2) is 6.29 Å². The number of aromatic nitrogens is 2. The van der Waals surface area contributed by atoms with E-state index in [9.17, 15) is 13.6 Å². The van der Waals surface area contributed by atoms with Gasteiger partial charge in [-0.1, -0.05) is 30.1 Å². The van der Waals surface area contributed by atoms with Crippen molar-refractivity contribution >= 4 is 29.0 Å². The van der Waals surface area contributed by atoms with Gasteiger partial charge in [-0.15, -0.1) is 0 Å². The third kappa shape index (κ3) is 7.05. The molecule has 0 saturated carbocycles. The van der Waals surface area contributed by atoms with E-state index in [4.69, 9.17) is 9.47 Å². The number of ether oxygens (including phenoxy) is 2. The summed E-state index contributed by atoms with van der Waals surface area (Å²) in [5.41, 5.74) is 0. The molecule has 0 aliphatic heterocycles. The van der Waals surface area contributed by atoms with E-state index in [0.29, 0.717) is 33.0 Å². The Kier molecular flexibility index (Phi) is 8.38. The molecule has 0 amide bonds. The number of carbonyl (C=O) groups is 1. The van der Waals surface area contributed by atoms with Gasteiger partial charge < -0.3 is 9.47 Å². The molecule has 2 heterocycles. The molecule has 0 bridgehead atoms. The lowest BCUT2D eigenvalue weighted by Crippen LogP contribution is -1.82. The van der Waals surface area contributed by atoms with Gasteiger partial charge in [0, 0.05) is 11.6 Å². The zero-order valence-electron chi connectivity index (χ0n) is 14.1. The van der Waals surface area contributed by atoms with E-state index >= 15 is 0 Å². The molecule has 0 saturated heterocycles. The third-order valence-electron chi connectivity index (χ3n) is 3.07. The SMILES string of the molecule is C.Fc1ccc(Oc2nccs2)cc1.O=Cc1cnc(Oc2ccc(F)cc2)s1. The quantitative estimate of drug-likeness (QED) is 0.331. The van der Waals surface area contributed by atoms with Crippen LogP contribution in [0, 0.1) is 11.6 Å². The minimum absolute atomic E-state index is 0. The van der Waals surface area contributed by atoms with Crippen LogP contribution < -0.4 is 9.47 Å². The number of thiazole rings is 2. The highest BCUT2D eigenvalue weighted by Gasteiger charge is 2.03. The molecule has 5 nitrogen and oxygen atoms in total. The molecule has 2 aromatic carbocycles. The molecular formula is C20H16F2N2O3S2. The van der Waals surface area contributed by atoms with Crippen LogP contribution >= 0.6 is 22.7 Å². The standard InChI is InChI=1S/C10H6FNO2S.C9H6FNOS.CH4/c11-7-1-3-8(4-2-7)14-10-12-5-9(6-13)15-10;10-7-1-3-8(4-2-7)12-9-11-5-6-13-9;/h1-6H;1-6H;1H4. The lowest BCUT2D eigenvalue weighted by Gasteiger charge is -1.99. The molecule has 0 aliphatic carbocycles. The van der Waals surface area contributed by atoms with Crippen LogP contribution in [0.25, 0.3) is 0 Å². The highest BCUT2D eigenvalue weighted by molar-refractivity contribution is 7.15. The lowest BCUT2D eigenvalue weighted by atomic mass is 10.3. The fourth-order valence-electron chi connectivity index (χ4n) is 1.84.